The van der Waals surface area contributed by atoms with Gasteiger partial charge in [0.25, 0.3) is 0 Å². The van der Waals surface area contributed by atoms with Gasteiger partial charge in [-0.05, 0) is 41.4 Å². The molecule has 2 aromatic heterocycles. The second-order valence-corrected chi connectivity index (χ2v) is 5.91. The summed E-state index contributed by atoms with van der Waals surface area (Å²) in [6.45, 7) is 0.969. The molecule has 2 aromatic rings. The number of aromatic nitrogens is 4. The average Bonchev–Trinajstić information content (AvgIpc) is 2.89. The second kappa shape index (κ2) is 4.65. The molecule has 1 atom stereocenters. The zero-order valence-electron chi connectivity index (χ0n) is 10.1. The van der Waals surface area contributed by atoms with Crippen LogP contribution in [0.2, 0.25) is 0 Å². The lowest BCUT2D eigenvalue weighted by Crippen LogP contribution is -2.01. The highest BCUT2D eigenvalue weighted by molar-refractivity contribution is 14.1. The fourth-order valence-electron chi connectivity index (χ4n) is 2.03. The Hall–Kier alpha value is -0.890. The van der Waals surface area contributed by atoms with Crippen molar-refractivity contribution in [3.63, 3.8) is 0 Å². The Labute approximate surface area is 119 Å². The molecule has 1 aliphatic carbocycles. The first-order chi connectivity index (χ1) is 8.63. The van der Waals surface area contributed by atoms with Crippen molar-refractivity contribution < 1.29 is 5.11 Å². The molecule has 0 aromatic carbocycles. The van der Waals surface area contributed by atoms with Crippen LogP contribution in [0, 0.1) is 9.62 Å². The van der Waals surface area contributed by atoms with Crippen molar-refractivity contribution in [2.75, 3.05) is 0 Å². The van der Waals surface area contributed by atoms with Gasteiger partial charge in [-0.25, -0.2) is 0 Å². The third-order valence-corrected chi connectivity index (χ3v) is 4.05. The molecule has 0 bridgehead atoms. The van der Waals surface area contributed by atoms with E-state index in [0.717, 1.165) is 27.3 Å². The van der Waals surface area contributed by atoms with Crippen LogP contribution in [0.5, 0.6) is 0 Å². The quantitative estimate of drug-likeness (QED) is 0.847. The Bertz CT molecular complexity index is 558. The maximum atomic E-state index is 10.3. The summed E-state index contributed by atoms with van der Waals surface area (Å²) in [5.74, 6) is 0.786. The van der Waals surface area contributed by atoms with Crippen LogP contribution in [0.4, 0.5) is 0 Å². The molecular formula is C12H15IN4O. The molecule has 1 unspecified atom stereocenters. The van der Waals surface area contributed by atoms with E-state index in [2.05, 4.69) is 32.8 Å². The minimum atomic E-state index is -0.640. The van der Waals surface area contributed by atoms with E-state index in [9.17, 15) is 5.11 Å². The van der Waals surface area contributed by atoms with Gasteiger partial charge < -0.3 is 5.11 Å². The lowest BCUT2D eigenvalue weighted by molar-refractivity contribution is 0.219. The number of aliphatic hydroxyl groups excluding tert-OH is 1. The standard InChI is InChI=1S/C12H15IN4O/c1-16-7-10(12(13)15-16)11(18)9-4-14-17(6-9)5-8-2-3-8/h4,6-8,11,18H,2-3,5H2,1H3. The molecule has 1 aliphatic rings. The molecule has 1 N–H and O–H groups in total. The van der Waals surface area contributed by atoms with E-state index in [1.165, 1.54) is 12.8 Å². The predicted octanol–water partition coefficient (Wildman–Crippen LogP) is 1.71. The number of nitrogens with zero attached hydrogens (tertiary/aromatic N) is 4. The lowest BCUT2D eigenvalue weighted by Gasteiger charge is -2.05. The van der Waals surface area contributed by atoms with Crippen LogP contribution in [-0.2, 0) is 13.6 Å². The van der Waals surface area contributed by atoms with E-state index in [1.54, 1.807) is 10.9 Å². The van der Waals surface area contributed by atoms with Crippen molar-refractivity contribution in [3.05, 3.63) is 33.4 Å². The van der Waals surface area contributed by atoms with Crippen molar-refractivity contribution in [2.24, 2.45) is 13.0 Å². The number of halogens is 1. The topological polar surface area (TPSA) is 55.9 Å². The zero-order valence-corrected chi connectivity index (χ0v) is 12.3. The SMILES string of the molecule is Cn1cc(C(O)c2cnn(CC3CC3)c2)c(I)n1. The highest BCUT2D eigenvalue weighted by atomic mass is 127. The molecule has 96 valence electrons. The van der Waals surface area contributed by atoms with Gasteiger partial charge in [-0.3, -0.25) is 9.36 Å². The van der Waals surface area contributed by atoms with Crippen molar-refractivity contribution >= 4 is 22.6 Å². The van der Waals surface area contributed by atoms with Gasteiger partial charge in [0, 0.05) is 37.1 Å². The van der Waals surface area contributed by atoms with Gasteiger partial charge in [-0.15, -0.1) is 0 Å². The van der Waals surface area contributed by atoms with Crippen molar-refractivity contribution in [1.29, 1.82) is 0 Å². The van der Waals surface area contributed by atoms with Crippen LogP contribution in [0.15, 0.2) is 18.6 Å². The maximum Gasteiger partial charge on any atom is 0.129 e. The average molecular weight is 358 g/mol. The first-order valence-electron chi connectivity index (χ1n) is 6.03. The normalized spacial score (nSPS) is 17.1. The van der Waals surface area contributed by atoms with E-state index in [1.807, 2.05) is 24.1 Å². The van der Waals surface area contributed by atoms with E-state index in [0.29, 0.717) is 0 Å². The van der Waals surface area contributed by atoms with Gasteiger partial charge in [-0.1, -0.05) is 0 Å². The Morgan fingerprint density at radius 1 is 1.50 bits per heavy atom. The number of hydrogen-bond acceptors (Lipinski definition) is 3. The van der Waals surface area contributed by atoms with Crippen LogP contribution >= 0.6 is 22.6 Å². The maximum absolute atomic E-state index is 10.3. The molecular weight excluding hydrogens is 343 g/mol. The van der Waals surface area contributed by atoms with Crippen LogP contribution in [-0.4, -0.2) is 24.7 Å². The smallest absolute Gasteiger partial charge is 0.129 e. The van der Waals surface area contributed by atoms with Gasteiger partial charge in [0.1, 0.15) is 9.80 Å². The molecule has 0 radical (unpaired) electrons. The second-order valence-electron chi connectivity index (χ2n) is 4.89. The summed E-state index contributed by atoms with van der Waals surface area (Å²) < 4.78 is 4.48. The summed E-state index contributed by atoms with van der Waals surface area (Å²) in [4.78, 5) is 0. The number of aliphatic hydroxyl groups is 1. The summed E-state index contributed by atoms with van der Waals surface area (Å²) in [7, 11) is 1.86. The molecule has 0 saturated heterocycles. The molecule has 3 rings (SSSR count). The van der Waals surface area contributed by atoms with Crippen molar-refractivity contribution in [2.45, 2.75) is 25.5 Å². The molecule has 0 aliphatic heterocycles. The van der Waals surface area contributed by atoms with Crippen molar-refractivity contribution in [1.82, 2.24) is 19.6 Å². The molecule has 0 spiro atoms. The summed E-state index contributed by atoms with van der Waals surface area (Å²) in [6, 6.07) is 0. The molecule has 6 heteroatoms. The van der Waals surface area contributed by atoms with E-state index < -0.39 is 6.10 Å². The minimum Gasteiger partial charge on any atom is -0.383 e. The van der Waals surface area contributed by atoms with Gasteiger partial charge in [0.05, 0.1) is 6.20 Å². The molecule has 0 amide bonds. The predicted molar refractivity (Wildman–Crippen MR) is 74.9 cm³/mol. The molecule has 1 saturated carbocycles. The Kier molecular flexibility index (Phi) is 3.14. The summed E-state index contributed by atoms with van der Waals surface area (Å²) in [5, 5.41) is 18.9. The monoisotopic (exact) mass is 358 g/mol. The highest BCUT2D eigenvalue weighted by Gasteiger charge is 2.23. The fourth-order valence-corrected chi connectivity index (χ4v) is 2.80. The summed E-state index contributed by atoms with van der Waals surface area (Å²) in [5.41, 5.74) is 1.67. The van der Waals surface area contributed by atoms with Gasteiger partial charge in [0.15, 0.2) is 0 Å². The Morgan fingerprint density at radius 2 is 2.28 bits per heavy atom. The lowest BCUT2D eigenvalue weighted by atomic mass is 10.1. The van der Waals surface area contributed by atoms with Crippen LogP contribution in [0.3, 0.4) is 0 Å². The van der Waals surface area contributed by atoms with Crippen LogP contribution in [0.1, 0.15) is 30.1 Å². The Balaban J connectivity index is 1.80. The number of rotatable bonds is 4. The fraction of sp³-hybridized carbons (Fsp3) is 0.500. The van der Waals surface area contributed by atoms with E-state index in [-0.39, 0.29) is 0 Å². The van der Waals surface area contributed by atoms with Gasteiger partial charge in [-0.2, -0.15) is 10.2 Å². The van der Waals surface area contributed by atoms with Crippen molar-refractivity contribution in [3.8, 4) is 0 Å². The molecule has 1 fully saturated rings. The third-order valence-electron chi connectivity index (χ3n) is 3.22. The van der Waals surface area contributed by atoms with E-state index in [4.69, 9.17) is 0 Å². The Morgan fingerprint density at radius 3 is 2.89 bits per heavy atom. The molecule has 18 heavy (non-hydrogen) atoms. The summed E-state index contributed by atoms with van der Waals surface area (Å²) >= 11 is 2.14. The van der Waals surface area contributed by atoms with Crippen LogP contribution < -0.4 is 0 Å². The van der Waals surface area contributed by atoms with Gasteiger partial charge in [0.2, 0.25) is 0 Å². The highest BCUT2D eigenvalue weighted by Crippen LogP contribution is 2.31. The largest absolute Gasteiger partial charge is 0.383 e. The minimum absolute atomic E-state index is 0.640. The first-order valence-corrected chi connectivity index (χ1v) is 7.11. The molecule has 5 nitrogen and oxygen atoms in total. The van der Waals surface area contributed by atoms with E-state index >= 15 is 0 Å². The number of hydrogen-bond donors (Lipinski definition) is 1. The molecule has 2 heterocycles. The number of aryl methyl sites for hydroxylation is 1. The van der Waals surface area contributed by atoms with Crippen LogP contribution in [0.25, 0.3) is 0 Å². The third kappa shape index (κ3) is 2.44. The first kappa shape index (κ1) is 12.2. The summed E-state index contributed by atoms with van der Waals surface area (Å²) in [6.07, 6.45) is 7.50. The van der Waals surface area contributed by atoms with Gasteiger partial charge >= 0.3 is 0 Å². The zero-order chi connectivity index (χ0) is 12.7.